The Balaban J connectivity index is 4.12. The number of nitrogens with one attached hydrogen (secondary N) is 3. The highest BCUT2D eigenvalue weighted by Crippen LogP contribution is 2.02. The van der Waals surface area contributed by atoms with Crippen LogP contribution in [0.5, 0.6) is 0 Å². The molecule has 5 N–H and O–H groups in total. The highest BCUT2D eigenvalue weighted by Gasteiger charge is 2.20. The zero-order chi connectivity index (χ0) is 16.1. The lowest BCUT2D eigenvalue weighted by Gasteiger charge is -2.17. The monoisotopic (exact) mass is 306 g/mol. The fourth-order valence-electron chi connectivity index (χ4n) is 1.44. The molecule has 0 spiro atoms. The van der Waals surface area contributed by atoms with Crippen LogP contribution in [0.3, 0.4) is 0 Å². The number of ether oxygens (including phenoxy) is 2. The molecule has 0 bridgehead atoms. The molecule has 0 rings (SSSR count). The van der Waals surface area contributed by atoms with E-state index in [2.05, 4.69) is 30.3 Å². The Morgan fingerprint density at radius 2 is 1.71 bits per heavy atom. The van der Waals surface area contributed by atoms with Gasteiger partial charge in [-0.25, -0.2) is 15.5 Å². The second-order valence-corrected chi connectivity index (χ2v) is 3.95. The van der Waals surface area contributed by atoms with Crippen LogP contribution in [-0.2, 0) is 19.1 Å². The second kappa shape index (κ2) is 11.7. The van der Waals surface area contributed by atoms with Crippen molar-refractivity contribution >= 4 is 18.1 Å². The third-order valence-corrected chi connectivity index (χ3v) is 2.50. The lowest BCUT2D eigenvalue weighted by molar-refractivity contribution is -0.125. The Bertz CT molecular complexity index is 339. The van der Waals surface area contributed by atoms with Crippen LogP contribution in [-0.4, -0.2) is 51.6 Å². The first-order valence-electron chi connectivity index (χ1n) is 6.30. The topological polar surface area (TPSA) is 141 Å². The number of hydrogen-bond donors (Lipinski definition) is 4. The molecule has 0 aromatic rings. The lowest BCUT2D eigenvalue weighted by Crippen LogP contribution is -2.47. The van der Waals surface area contributed by atoms with Gasteiger partial charge in [-0.15, -0.1) is 0 Å². The number of amides is 3. The zero-order valence-corrected chi connectivity index (χ0v) is 12.1. The van der Waals surface area contributed by atoms with E-state index in [1.165, 1.54) is 14.2 Å². The summed E-state index contributed by atoms with van der Waals surface area (Å²) >= 11 is 0. The fraction of sp³-hybridized carbons (Fsp3) is 0.727. The molecule has 122 valence electrons. The van der Waals surface area contributed by atoms with Crippen LogP contribution >= 0.6 is 0 Å². The normalized spacial score (nSPS) is 11.2. The van der Waals surface area contributed by atoms with Crippen LogP contribution < -0.4 is 21.8 Å². The molecule has 0 heterocycles. The highest BCUT2D eigenvalue weighted by molar-refractivity contribution is 5.85. The van der Waals surface area contributed by atoms with Crippen molar-refractivity contribution in [3.63, 3.8) is 0 Å². The Morgan fingerprint density at radius 3 is 2.29 bits per heavy atom. The second-order valence-electron chi connectivity index (χ2n) is 3.95. The van der Waals surface area contributed by atoms with E-state index in [-0.39, 0.29) is 6.73 Å². The molecule has 0 aliphatic carbocycles. The van der Waals surface area contributed by atoms with Crippen molar-refractivity contribution in [3.05, 3.63) is 0 Å². The van der Waals surface area contributed by atoms with Gasteiger partial charge in [-0.2, -0.15) is 0 Å². The summed E-state index contributed by atoms with van der Waals surface area (Å²) in [4.78, 5) is 38.0. The summed E-state index contributed by atoms with van der Waals surface area (Å²) in [5, 5.41) is 7.30. The Labute approximate surface area is 122 Å². The number of hydrogen-bond acceptors (Lipinski definition) is 7. The van der Waals surface area contributed by atoms with Crippen LogP contribution in [0.15, 0.2) is 0 Å². The number of carbonyl (C=O) groups excluding carboxylic acids is 3. The minimum atomic E-state index is -0.772. The summed E-state index contributed by atoms with van der Waals surface area (Å²) in [5.74, 6) is 4.37. The molecule has 0 aliphatic heterocycles. The number of unbranched alkanes of at least 4 members (excludes halogenated alkanes) is 1. The van der Waals surface area contributed by atoms with Gasteiger partial charge < -0.3 is 25.4 Å². The molecular weight excluding hydrogens is 284 g/mol. The van der Waals surface area contributed by atoms with Crippen LogP contribution in [0.2, 0.25) is 0 Å². The fourth-order valence-corrected chi connectivity index (χ4v) is 1.44. The van der Waals surface area contributed by atoms with E-state index in [1.807, 2.05) is 0 Å². The molecule has 0 saturated carbocycles. The van der Waals surface area contributed by atoms with E-state index in [4.69, 9.17) is 5.90 Å². The minimum Gasteiger partial charge on any atom is -0.453 e. The molecular formula is C11H22N4O6. The van der Waals surface area contributed by atoms with Gasteiger partial charge in [-0.3, -0.25) is 9.63 Å². The van der Waals surface area contributed by atoms with Crippen molar-refractivity contribution in [2.24, 2.45) is 5.90 Å². The van der Waals surface area contributed by atoms with E-state index in [9.17, 15) is 14.4 Å². The van der Waals surface area contributed by atoms with E-state index in [0.717, 1.165) is 0 Å². The first-order valence-corrected chi connectivity index (χ1v) is 6.30. The Morgan fingerprint density at radius 1 is 1.05 bits per heavy atom. The molecule has 0 aromatic heterocycles. The average molecular weight is 306 g/mol. The molecule has 10 heteroatoms. The third-order valence-electron chi connectivity index (χ3n) is 2.50. The number of rotatable bonds is 9. The lowest BCUT2D eigenvalue weighted by atomic mass is 10.1. The van der Waals surface area contributed by atoms with Crippen molar-refractivity contribution < 1.29 is 28.7 Å². The molecule has 21 heavy (non-hydrogen) atoms. The summed E-state index contributed by atoms with van der Waals surface area (Å²) in [6.07, 6.45) is 0.354. The molecule has 0 radical (unpaired) electrons. The zero-order valence-electron chi connectivity index (χ0n) is 12.1. The Kier molecular flexibility index (Phi) is 10.6. The standard InChI is InChI=1S/C11H22N4O6/c1-19-10(17)13-6-4-3-5-8(15-11(18)20-2)9(16)14-7-21-12/h8H,3-7,12H2,1-2H3,(H,13,17)(H,14,16)(H,15,18). The summed E-state index contributed by atoms with van der Waals surface area (Å²) in [5.41, 5.74) is 0. The van der Waals surface area contributed by atoms with E-state index >= 15 is 0 Å². The van der Waals surface area contributed by atoms with Crippen LogP contribution in [0.1, 0.15) is 19.3 Å². The summed E-state index contributed by atoms with van der Waals surface area (Å²) in [7, 11) is 2.48. The maximum Gasteiger partial charge on any atom is 0.407 e. The molecule has 0 aliphatic rings. The van der Waals surface area contributed by atoms with Gasteiger partial charge >= 0.3 is 12.2 Å². The first kappa shape index (κ1) is 18.9. The maximum atomic E-state index is 11.8. The van der Waals surface area contributed by atoms with Gasteiger partial charge in [-0.05, 0) is 19.3 Å². The molecule has 0 fully saturated rings. The largest absolute Gasteiger partial charge is 0.453 e. The molecule has 0 aromatic carbocycles. The molecule has 1 unspecified atom stereocenters. The summed E-state index contributed by atoms with van der Waals surface area (Å²) < 4.78 is 8.86. The van der Waals surface area contributed by atoms with Gasteiger partial charge in [0.25, 0.3) is 0 Å². The number of methoxy groups -OCH3 is 2. The SMILES string of the molecule is COC(=O)NCCCCC(NC(=O)OC)C(=O)NCON. The average Bonchev–Trinajstić information content (AvgIpc) is 2.50. The van der Waals surface area contributed by atoms with Crippen molar-refractivity contribution in [1.29, 1.82) is 0 Å². The summed E-state index contributed by atoms with van der Waals surface area (Å²) in [6, 6.07) is -0.772. The summed E-state index contributed by atoms with van der Waals surface area (Å²) in [6.45, 7) is 0.243. The van der Waals surface area contributed by atoms with Gasteiger partial charge in [0.15, 0.2) is 0 Å². The van der Waals surface area contributed by atoms with Gasteiger partial charge in [0.2, 0.25) is 5.91 Å². The quantitative estimate of drug-likeness (QED) is 0.248. The molecule has 3 amide bonds. The molecule has 0 saturated heterocycles. The number of nitrogens with two attached hydrogens (primary N) is 1. The van der Waals surface area contributed by atoms with E-state index < -0.39 is 24.1 Å². The van der Waals surface area contributed by atoms with Crippen molar-refractivity contribution in [3.8, 4) is 0 Å². The van der Waals surface area contributed by atoms with Crippen molar-refractivity contribution in [2.75, 3.05) is 27.5 Å². The molecule has 10 nitrogen and oxygen atoms in total. The predicted molar refractivity (Wildman–Crippen MR) is 71.9 cm³/mol. The first-order chi connectivity index (χ1) is 10.0. The van der Waals surface area contributed by atoms with Crippen LogP contribution in [0.25, 0.3) is 0 Å². The van der Waals surface area contributed by atoms with Gasteiger partial charge in [-0.1, -0.05) is 0 Å². The van der Waals surface area contributed by atoms with E-state index in [0.29, 0.717) is 25.8 Å². The van der Waals surface area contributed by atoms with Gasteiger partial charge in [0.05, 0.1) is 14.2 Å². The smallest absolute Gasteiger partial charge is 0.407 e. The van der Waals surface area contributed by atoms with Crippen molar-refractivity contribution in [2.45, 2.75) is 25.3 Å². The van der Waals surface area contributed by atoms with Gasteiger partial charge in [0, 0.05) is 6.54 Å². The van der Waals surface area contributed by atoms with Gasteiger partial charge in [0.1, 0.15) is 12.8 Å². The number of carbonyl (C=O) groups is 3. The number of alkyl carbamates (subject to hydrolysis) is 2. The predicted octanol–water partition coefficient (Wildman–Crippen LogP) is -0.799. The molecule has 1 atom stereocenters. The minimum absolute atomic E-state index is 0.165. The Hall–Kier alpha value is -2.07. The van der Waals surface area contributed by atoms with Crippen LogP contribution in [0, 0.1) is 0 Å². The highest BCUT2D eigenvalue weighted by atomic mass is 16.6. The van der Waals surface area contributed by atoms with Crippen LogP contribution in [0.4, 0.5) is 9.59 Å². The van der Waals surface area contributed by atoms with Crippen molar-refractivity contribution in [1.82, 2.24) is 16.0 Å². The maximum absolute atomic E-state index is 11.8. The van der Waals surface area contributed by atoms with E-state index in [1.54, 1.807) is 0 Å². The third kappa shape index (κ3) is 9.46.